The minimum Gasteiger partial charge on any atom is -0.295 e. The van der Waals surface area contributed by atoms with Crippen LogP contribution in [0.5, 0.6) is 0 Å². The van der Waals surface area contributed by atoms with E-state index in [9.17, 15) is 0 Å². The van der Waals surface area contributed by atoms with Crippen molar-refractivity contribution >= 4 is 189 Å². The maximum Gasteiger partial charge on any atom is 0.127 e. The van der Waals surface area contributed by atoms with Gasteiger partial charge in [0.15, 0.2) is 0 Å². The molecule has 144 heavy (non-hydrogen) atoms. The maximum absolute atomic E-state index is 2.66. The number of para-hydroxylation sites is 16. The molecule has 0 atom stereocenters. The average Bonchev–Trinajstić information content (AvgIpc) is 0.975. The second-order valence-corrected chi connectivity index (χ2v) is 37.7. The average molecular weight is 1850 g/mol. The molecule has 0 unspecified atom stereocenters. The molecule has 0 aliphatic carbocycles. The van der Waals surface area contributed by atoms with Crippen molar-refractivity contribution in [3.8, 4) is 45.5 Å². The topological polar surface area (TPSA) is 52.4 Å². The predicted octanol–water partition coefficient (Wildman–Crippen LogP) is 35.2. The van der Waals surface area contributed by atoms with Crippen LogP contribution in [-0.2, 0) is 0 Å². The third-order valence-corrected chi connectivity index (χ3v) is 29.8. The van der Waals surface area contributed by atoms with Gasteiger partial charge in [-0.15, -0.1) is 0 Å². The van der Waals surface area contributed by atoms with Crippen molar-refractivity contribution in [2.45, 2.75) is 27.7 Å². The van der Waals surface area contributed by atoms with Crippen LogP contribution in [-0.4, -0.2) is 36.5 Å². The second kappa shape index (κ2) is 33.4. The summed E-state index contributed by atoms with van der Waals surface area (Å²) in [5.74, 6) is 7.60. The zero-order valence-electron chi connectivity index (χ0n) is 79.7. The summed E-state index contributed by atoms with van der Waals surface area (Å²) in [5.41, 5.74) is 24.7. The highest BCUT2D eigenvalue weighted by Gasteiger charge is 2.40. The van der Waals surface area contributed by atoms with E-state index in [-0.39, 0.29) is 0 Å². The molecular formula is C132H94N12. The van der Waals surface area contributed by atoms with Crippen molar-refractivity contribution in [2.24, 2.45) is 0 Å². The summed E-state index contributed by atoms with van der Waals surface area (Å²) in [6.45, 7) is 9.39. The molecule has 0 bridgehead atoms. The Hall–Kier alpha value is -19.0. The predicted molar refractivity (Wildman–Crippen MR) is 602 cm³/mol. The van der Waals surface area contributed by atoms with E-state index in [4.69, 9.17) is 0 Å². The van der Waals surface area contributed by atoms with Crippen LogP contribution in [0.1, 0.15) is 22.3 Å². The van der Waals surface area contributed by atoms with Gasteiger partial charge in [-0.2, -0.15) is 0 Å². The highest BCUT2D eigenvalue weighted by atomic mass is 15.4. The van der Waals surface area contributed by atoms with Gasteiger partial charge in [-0.05, 0) is 210 Å². The highest BCUT2D eigenvalue weighted by molar-refractivity contribution is 6.34. The van der Waals surface area contributed by atoms with Crippen molar-refractivity contribution in [3.05, 3.63) is 520 Å². The Kier molecular flexibility index (Phi) is 19.3. The van der Waals surface area contributed by atoms with Crippen molar-refractivity contribution in [1.82, 2.24) is 36.5 Å². The van der Waals surface area contributed by atoms with Crippen LogP contribution in [0.3, 0.4) is 0 Å². The van der Waals surface area contributed by atoms with Gasteiger partial charge in [0.05, 0.1) is 66.9 Å². The Morgan fingerprint density at radius 2 is 0.299 bits per heavy atom. The first kappa shape index (κ1) is 83.2. The highest BCUT2D eigenvalue weighted by Crippen LogP contribution is 2.61. The van der Waals surface area contributed by atoms with Gasteiger partial charge in [0.25, 0.3) is 0 Å². The fourth-order valence-electron chi connectivity index (χ4n) is 23.6. The molecule has 8 heterocycles. The third kappa shape index (κ3) is 12.7. The molecule has 0 amide bonds. The van der Waals surface area contributed by atoms with E-state index >= 15 is 0 Å². The second-order valence-electron chi connectivity index (χ2n) is 37.7. The van der Waals surface area contributed by atoms with Gasteiger partial charge in [0.2, 0.25) is 0 Å². The fraction of sp³-hybridized carbons (Fsp3) is 0.0303. The molecule has 28 aromatic rings. The van der Waals surface area contributed by atoms with Gasteiger partial charge < -0.3 is 0 Å². The lowest BCUT2D eigenvalue weighted by Gasteiger charge is -2.36. The zero-order valence-corrected chi connectivity index (χ0v) is 79.7. The lowest BCUT2D eigenvalue weighted by molar-refractivity contribution is 1.01. The first-order chi connectivity index (χ1) is 71.2. The Morgan fingerprint density at radius 1 is 0.139 bits per heavy atom. The quantitative estimate of drug-likeness (QED) is 0.0714. The lowest BCUT2D eigenvalue weighted by atomic mass is 9.89. The van der Waals surface area contributed by atoms with Crippen LogP contribution < -0.4 is 19.6 Å². The number of anilines is 12. The molecule has 28 rings (SSSR count). The van der Waals surface area contributed by atoms with E-state index in [2.05, 4.69) is 581 Å². The summed E-state index contributed by atoms with van der Waals surface area (Å²) in [5, 5.41) is 14.9. The molecule has 682 valence electrons. The number of benzene rings is 20. The molecule has 8 aromatic heterocycles. The van der Waals surface area contributed by atoms with Gasteiger partial charge in [-0.3, -0.25) is 56.1 Å². The number of fused-ring (bicyclic) bond motifs is 8. The Labute approximate surface area is 832 Å². The first-order valence-corrected chi connectivity index (χ1v) is 49.5. The van der Waals surface area contributed by atoms with Crippen LogP contribution >= 0.6 is 0 Å². The summed E-state index contributed by atoms with van der Waals surface area (Å²) in [7, 11) is 0. The summed E-state index contributed by atoms with van der Waals surface area (Å²) < 4.78 is 20.2. The van der Waals surface area contributed by atoms with E-state index in [1.807, 2.05) is 0 Å². The number of nitrogens with zero attached hydrogens (tertiary/aromatic N) is 12. The monoisotopic (exact) mass is 1850 g/mol. The number of hydrogen-bond donors (Lipinski definition) is 0. The number of hydrogen-bond acceptors (Lipinski definition) is 4. The summed E-state index contributed by atoms with van der Waals surface area (Å²) in [6.07, 6.45) is 0. The van der Waals surface area contributed by atoms with E-state index in [1.54, 1.807) is 0 Å². The molecule has 12 heteroatoms. The summed E-state index contributed by atoms with van der Waals surface area (Å²) >= 11 is 0. The molecule has 0 radical (unpaired) electrons. The van der Waals surface area contributed by atoms with Crippen LogP contribution in [0, 0.1) is 27.7 Å². The van der Waals surface area contributed by atoms with E-state index in [1.165, 1.54) is 0 Å². The van der Waals surface area contributed by atoms with Crippen LogP contribution in [0.4, 0.5) is 69.3 Å². The largest absolute Gasteiger partial charge is 0.295 e. The van der Waals surface area contributed by atoms with Gasteiger partial charge in [-0.25, -0.2) is 0 Å². The zero-order chi connectivity index (χ0) is 95.5. The van der Waals surface area contributed by atoms with Crippen LogP contribution in [0.2, 0.25) is 0 Å². The molecule has 0 aliphatic rings. The SMILES string of the molecule is Cc1c(N(c2cc(N(c3cc4ccccc4n3-c3ccccc3)c3c(C)c4ccccc4n3-c3ccccc3)c3ccc4c(N(c5cc6ccccc6n5-c5ccccc5)c5c(C)c6ccccc6n5-c5ccccc5)cc(N(c5cc6ccccc6n5-c5ccccc5)c5c(C)c6ccccc6n5-c5ccccc5)c5ccc2c3c54)c2cc3ccccc3n2-c2ccccc2)n(-c2ccccc2)c2ccccc12. The standard InChI is InChI=1S/C132H94N12/c1-87-103-65-33-41-73-115(103)137(99-57-21-9-22-58-99)129(87)141(123-81-91-45-29-37-69-111(91)133(123)95-49-13-5-14-50-95)119-85-120(142(124-82-92-46-30-38-70-112(92)134(124)96-51-15-6-16-52-96)130-88(2)104-66-34-42-74-116(104)138(130)100-59-23-10-24-60-100)108-79-80-110-122(144(126-84-94-48-32-40-72-114(94)136(126)98-55-19-8-20-56-98)132-90(4)106-68-36-44-76-118(106)140(132)102-63-27-12-28-64-102)86-121(109-78-77-107(119)127(108)128(109)110)143(125-83-93-47-31-39-71-113(93)135(125)97-53-17-7-18-54-97)131-89(3)105-67-35-43-75-117(105)139(131)101-61-25-11-26-62-101/h5-86H,1-4H3. The Balaban J connectivity index is 0.908. The van der Waals surface area contributed by atoms with E-state index < -0.39 is 0 Å². The smallest absolute Gasteiger partial charge is 0.127 e. The third-order valence-electron chi connectivity index (χ3n) is 29.8. The summed E-state index contributed by atoms with van der Waals surface area (Å²) in [6, 6.07) is 185. The first-order valence-electron chi connectivity index (χ1n) is 49.5. The van der Waals surface area contributed by atoms with Gasteiger partial charge in [-0.1, -0.05) is 315 Å². The molecule has 0 fully saturated rings. The molecule has 0 N–H and O–H groups in total. The van der Waals surface area contributed by atoms with Crippen molar-refractivity contribution in [3.63, 3.8) is 0 Å². The van der Waals surface area contributed by atoms with Crippen LogP contribution in [0.25, 0.3) is 165 Å². The number of aromatic nitrogens is 8. The normalized spacial score (nSPS) is 11.9. The minimum atomic E-state index is 0.927. The Bertz CT molecular complexity index is 8760. The molecule has 0 spiro atoms. The van der Waals surface area contributed by atoms with Crippen molar-refractivity contribution in [1.29, 1.82) is 0 Å². The van der Waals surface area contributed by atoms with E-state index in [0.717, 1.165) is 257 Å². The van der Waals surface area contributed by atoms with Crippen molar-refractivity contribution < 1.29 is 0 Å². The minimum absolute atomic E-state index is 0.927. The fourth-order valence-corrected chi connectivity index (χ4v) is 23.6. The maximum atomic E-state index is 2.66. The molecule has 0 saturated heterocycles. The number of aryl methyl sites for hydroxylation is 4. The van der Waals surface area contributed by atoms with Gasteiger partial charge in [0.1, 0.15) is 46.5 Å². The van der Waals surface area contributed by atoms with Gasteiger partial charge >= 0.3 is 0 Å². The molecule has 0 saturated carbocycles. The van der Waals surface area contributed by atoms with E-state index in [0.29, 0.717) is 0 Å². The molecule has 12 nitrogen and oxygen atoms in total. The molecule has 20 aromatic carbocycles. The Morgan fingerprint density at radius 3 is 0.493 bits per heavy atom. The molecular weight excluding hydrogens is 1750 g/mol. The summed E-state index contributed by atoms with van der Waals surface area (Å²) in [4.78, 5) is 10.6. The molecule has 0 aliphatic heterocycles. The lowest BCUT2D eigenvalue weighted by Crippen LogP contribution is -2.22. The van der Waals surface area contributed by atoms with Crippen LogP contribution in [0.15, 0.2) is 497 Å². The van der Waals surface area contributed by atoms with Gasteiger partial charge in [0, 0.05) is 143 Å². The van der Waals surface area contributed by atoms with Crippen molar-refractivity contribution in [2.75, 3.05) is 19.6 Å². The number of rotatable bonds is 20.